The van der Waals surface area contributed by atoms with Crippen LogP contribution in [0.15, 0.2) is 36.4 Å². The van der Waals surface area contributed by atoms with E-state index in [0.29, 0.717) is 39.3 Å². The number of nitrogens with zero attached hydrogens (tertiary/aromatic N) is 1. The van der Waals surface area contributed by atoms with Gasteiger partial charge >= 0.3 is 0 Å². The summed E-state index contributed by atoms with van der Waals surface area (Å²) >= 11 is 12.1. The standard InChI is InChI=1S/C20H22Cl2N2O4/c1-4-24(12-18(25)23-20-15(21)6-5-7-16(20)22)19(26)10-13-8-9-14(27-2)11-17(13)28-3/h5-9,11H,4,10,12H2,1-3H3,(H,23,25). The second-order valence-corrected chi connectivity index (χ2v) is 6.72. The number of halogens is 2. The van der Waals surface area contributed by atoms with E-state index in [-0.39, 0.29) is 24.8 Å². The predicted molar refractivity (Wildman–Crippen MR) is 111 cm³/mol. The third-order valence-electron chi connectivity index (χ3n) is 4.13. The molecule has 0 saturated heterocycles. The molecule has 0 fully saturated rings. The Balaban J connectivity index is 2.06. The van der Waals surface area contributed by atoms with Crippen molar-refractivity contribution in [1.29, 1.82) is 0 Å². The first-order valence-corrected chi connectivity index (χ1v) is 9.37. The Morgan fingerprint density at radius 2 is 1.75 bits per heavy atom. The van der Waals surface area contributed by atoms with E-state index in [0.717, 1.165) is 0 Å². The van der Waals surface area contributed by atoms with Gasteiger partial charge in [0.25, 0.3) is 0 Å². The van der Waals surface area contributed by atoms with Crippen LogP contribution in [0.4, 0.5) is 5.69 Å². The van der Waals surface area contributed by atoms with Crippen molar-refractivity contribution in [2.45, 2.75) is 13.3 Å². The second kappa shape index (κ2) is 10.2. The molecule has 2 aromatic rings. The highest BCUT2D eigenvalue weighted by Gasteiger charge is 2.19. The zero-order valence-electron chi connectivity index (χ0n) is 15.9. The van der Waals surface area contributed by atoms with Gasteiger partial charge in [-0.25, -0.2) is 0 Å². The van der Waals surface area contributed by atoms with Crippen molar-refractivity contribution in [2.75, 3.05) is 32.6 Å². The lowest BCUT2D eigenvalue weighted by Crippen LogP contribution is -2.38. The summed E-state index contributed by atoms with van der Waals surface area (Å²) in [4.78, 5) is 26.5. The fourth-order valence-electron chi connectivity index (χ4n) is 2.62. The molecule has 6 nitrogen and oxygen atoms in total. The molecule has 0 aliphatic heterocycles. The SMILES string of the molecule is CCN(CC(=O)Nc1c(Cl)cccc1Cl)C(=O)Cc1ccc(OC)cc1OC. The minimum atomic E-state index is -0.383. The summed E-state index contributed by atoms with van der Waals surface area (Å²) in [6.45, 7) is 2.06. The molecule has 0 aliphatic rings. The number of benzene rings is 2. The largest absolute Gasteiger partial charge is 0.497 e. The number of methoxy groups -OCH3 is 2. The van der Waals surface area contributed by atoms with E-state index in [1.54, 1.807) is 50.4 Å². The molecule has 0 heterocycles. The molecule has 2 rings (SSSR count). The number of ether oxygens (including phenoxy) is 2. The van der Waals surface area contributed by atoms with Gasteiger partial charge in [-0.3, -0.25) is 9.59 Å². The number of nitrogens with one attached hydrogen (secondary N) is 1. The number of hydrogen-bond acceptors (Lipinski definition) is 4. The fourth-order valence-corrected chi connectivity index (χ4v) is 3.11. The highest BCUT2D eigenvalue weighted by atomic mass is 35.5. The zero-order chi connectivity index (χ0) is 20.7. The summed E-state index contributed by atoms with van der Waals surface area (Å²) in [5, 5.41) is 3.33. The van der Waals surface area contributed by atoms with Gasteiger partial charge in [-0.2, -0.15) is 0 Å². The number of carbonyl (C=O) groups is 2. The van der Waals surface area contributed by atoms with Crippen LogP contribution in [-0.2, 0) is 16.0 Å². The summed E-state index contributed by atoms with van der Waals surface area (Å²) in [6, 6.07) is 10.2. The van der Waals surface area contributed by atoms with E-state index in [1.807, 2.05) is 0 Å². The van der Waals surface area contributed by atoms with Crippen molar-refractivity contribution >= 4 is 40.7 Å². The van der Waals surface area contributed by atoms with E-state index in [4.69, 9.17) is 32.7 Å². The normalized spacial score (nSPS) is 10.3. The van der Waals surface area contributed by atoms with Crippen molar-refractivity contribution in [2.24, 2.45) is 0 Å². The number of carbonyl (C=O) groups excluding carboxylic acids is 2. The molecule has 0 saturated carbocycles. The minimum absolute atomic E-state index is 0.0984. The molecule has 1 N–H and O–H groups in total. The van der Waals surface area contributed by atoms with Crippen LogP contribution in [0.1, 0.15) is 12.5 Å². The van der Waals surface area contributed by atoms with Crippen LogP contribution in [0, 0.1) is 0 Å². The monoisotopic (exact) mass is 424 g/mol. The first-order valence-electron chi connectivity index (χ1n) is 8.62. The van der Waals surface area contributed by atoms with Crippen LogP contribution in [0.2, 0.25) is 10.0 Å². The number of likely N-dealkylation sites (N-methyl/N-ethyl adjacent to an activating group) is 1. The number of para-hydroxylation sites is 1. The van der Waals surface area contributed by atoms with Gasteiger partial charge in [-0.1, -0.05) is 35.3 Å². The molecule has 8 heteroatoms. The summed E-state index contributed by atoms with van der Waals surface area (Å²) in [5.41, 5.74) is 1.04. The average molecular weight is 425 g/mol. The lowest BCUT2D eigenvalue weighted by Gasteiger charge is -2.21. The van der Waals surface area contributed by atoms with Crippen LogP contribution in [0.3, 0.4) is 0 Å². The van der Waals surface area contributed by atoms with Crippen molar-refractivity contribution in [3.8, 4) is 11.5 Å². The van der Waals surface area contributed by atoms with Crippen LogP contribution in [-0.4, -0.2) is 44.0 Å². The molecule has 0 atom stereocenters. The van der Waals surface area contributed by atoms with Gasteiger partial charge in [-0.15, -0.1) is 0 Å². The van der Waals surface area contributed by atoms with E-state index in [2.05, 4.69) is 5.32 Å². The third-order valence-corrected chi connectivity index (χ3v) is 4.76. The van der Waals surface area contributed by atoms with Crippen molar-refractivity contribution in [3.05, 3.63) is 52.0 Å². The van der Waals surface area contributed by atoms with Gasteiger partial charge in [-0.05, 0) is 25.1 Å². The van der Waals surface area contributed by atoms with E-state index in [9.17, 15) is 9.59 Å². The smallest absolute Gasteiger partial charge is 0.244 e. The molecule has 28 heavy (non-hydrogen) atoms. The topological polar surface area (TPSA) is 67.9 Å². The number of rotatable bonds is 8. The molecule has 150 valence electrons. The van der Waals surface area contributed by atoms with Gasteiger partial charge in [0.1, 0.15) is 11.5 Å². The van der Waals surface area contributed by atoms with Crippen molar-refractivity contribution in [3.63, 3.8) is 0 Å². The number of anilines is 1. The summed E-state index contributed by atoms with van der Waals surface area (Å²) in [6.07, 6.45) is 0.0984. The van der Waals surface area contributed by atoms with Crippen LogP contribution in [0.5, 0.6) is 11.5 Å². The summed E-state index contributed by atoms with van der Waals surface area (Å²) in [7, 11) is 3.09. The van der Waals surface area contributed by atoms with Gasteiger partial charge < -0.3 is 19.7 Å². The van der Waals surface area contributed by atoms with Crippen LogP contribution < -0.4 is 14.8 Å². The second-order valence-electron chi connectivity index (χ2n) is 5.91. The highest BCUT2D eigenvalue weighted by molar-refractivity contribution is 6.39. The quantitative estimate of drug-likeness (QED) is 0.693. The Hall–Kier alpha value is -2.44. The molecule has 0 radical (unpaired) electrons. The van der Waals surface area contributed by atoms with E-state index < -0.39 is 0 Å². The minimum Gasteiger partial charge on any atom is -0.497 e. The molecule has 0 aromatic heterocycles. The maximum atomic E-state index is 12.7. The van der Waals surface area contributed by atoms with E-state index in [1.165, 1.54) is 12.0 Å². The lowest BCUT2D eigenvalue weighted by atomic mass is 10.1. The molecule has 0 bridgehead atoms. The van der Waals surface area contributed by atoms with Crippen LogP contribution in [0.25, 0.3) is 0 Å². The predicted octanol–water partition coefficient (Wildman–Crippen LogP) is 4.04. The van der Waals surface area contributed by atoms with Crippen molar-refractivity contribution < 1.29 is 19.1 Å². The Morgan fingerprint density at radius 1 is 1.07 bits per heavy atom. The molecular formula is C20H22Cl2N2O4. The van der Waals surface area contributed by atoms with Gasteiger partial charge in [0.05, 0.1) is 42.9 Å². The van der Waals surface area contributed by atoms with Gasteiger partial charge in [0, 0.05) is 18.2 Å². The first kappa shape index (κ1) is 21.9. The average Bonchev–Trinajstić information content (AvgIpc) is 2.69. The molecule has 0 spiro atoms. The number of hydrogen-bond donors (Lipinski definition) is 1. The first-order chi connectivity index (χ1) is 13.4. The Morgan fingerprint density at radius 3 is 2.32 bits per heavy atom. The Bertz CT molecular complexity index is 838. The highest BCUT2D eigenvalue weighted by Crippen LogP contribution is 2.30. The Labute approximate surface area is 174 Å². The summed E-state index contributed by atoms with van der Waals surface area (Å²) < 4.78 is 10.5. The Kier molecular flexibility index (Phi) is 7.96. The van der Waals surface area contributed by atoms with Gasteiger partial charge in [0.15, 0.2) is 0 Å². The molecule has 0 aliphatic carbocycles. The molecular weight excluding hydrogens is 403 g/mol. The maximum Gasteiger partial charge on any atom is 0.244 e. The van der Waals surface area contributed by atoms with Crippen LogP contribution >= 0.6 is 23.2 Å². The van der Waals surface area contributed by atoms with Gasteiger partial charge in [0.2, 0.25) is 11.8 Å². The summed E-state index contributed by atoms with van der Waals surface area (Å²) in [5.74, 6) is 0.603. The maximum absolute atomic E-state index is 12.7. The number of amides is 2. The lowest BCUT2D eigenvalue weighted by molar-refractivity contribution is -0.133. The molecule has 2 aromatic carbocycles. The van der Waals surface area contributed by atoms with Crippen molar-refractivity contribution in [1.82, 2.24) is 4.90 Å². The molecule has 2 amide bonds. The molecule has 0 unspecified atom stereocenters. The third kappa shape index (κ3) is 5.53. The fraction of sp³-hybridized carbons (Fsp3) is 0.300. The zero-order valence-corrected chi connectivity index (χ0v) is 17.4. The van der Waals surface area contributed by atoms with E-state index >= 15 is 0 Å².